The van der Waals surface area contributed by atoms with Crippen LogP contribution in [0, 0.1) is 0 Å². The van der Waals surface area contributed by atoms with Gasteiger partial charge in [0.25, 0.3) is 0 Å². The van der Waals surface area contributed by atoms with Gasteiger partial charge in [-0.1, -0.05) is 12.8 Å². The van der Waals surface area contributed by atoms with E-state index < -0.39 is 0 Å². The molecule has 2 nitrogen and oxygen atoms in total. The number of anilines is 2. The highest BCUT2D eigenvalue weighted by Gasteiger charge is 2.15. The third-order valence-corrected chi connectivity index (χ3v) is 3.40. The number of hydrogen-bond donors (Lipinski definition) is 2. The van der Waals surface area contributed by atoms with Gasteiger partial charge < -0.3 is 11.1 Å². The Balaban J connectivity index is 2.10. The molecule has 1 aromatic carbocycles. The number of nitrogen functional groups attached to an aromatic ring is 1. The molecule has 3 N–H and O–H groups in total. The smallest absolute Gasteiger partial charge is 0.0507 e. The molecule has 1 saturated carbocycles. The lowest BCUT2D eigenvalue weighted by Crippen LogP contribution is -2.14. The topological polar surface area (TPSA) is 38.0 Å². The molecule has 1 aliphatic carbocycles. The molecule has 0 aromatic heterocycles. The molecule has 0 heterocycles. The van der Waals surface area contributed by atoms with Gasteiger partial charge in [0.15, 0.2) is 0 Å². The molecule has 1 aromatic rings. The second-order valence-electron chi connectivity index (χ2n) is 3.87. The summed E-state index contributed by atoms with van der Waals surface area (Å²) in [5, 5.41) is 3.52. The Labute approximate surface area is 93.0 Å². The Morgan fingerprint density at radius 3 is 2.71 bits per heavy atom. The first-order valence-electron chi connectivity index (χ1n) is 5.07. The summed E-state index contributed by atoms with van der Waals surface area (Å²) < 4.78 is 1.10. The van der Waals surface area contributed by atoms with Gasteiger partial charge in [0.2, 0.25) is 0 Å². The molecule has 0 saturated heterocycles. The molecule has 0 amide bonds. The molecule has 0 aliphatic heterocycles. The lowest BCUT2D eigenvalue weighted by atomic mass is 10.2. The van der Waals surface area contributed by atoms with Crippen LogP contribution < -0.4 is 11.1 Å². The van der Waals surface area contributed by atoms with E-state index in [2.05, 4.69) is 21.2 Å². The average Bonchev–Trinajstić information content (AvgIpc) is 2.64. The molecule has 0 bridgehead atoms. The van der Waals surface area contributed by atoms with Gasteiger partial charge in [-0.3, -0.25) is 0 Å². The van der Waals surface area contributed by atoms with Crippen molar-refractivity contribution < 1.29 is 0 Å². The van der Waals surface area contributed by atoms with Crippen molar-refractivity contribution in [3.63, 3.8) is 0 Å². The minimum atomic E-state index is 0.632. The number of benzene rings is 1. The van der Waals surface area contributed by atoms with Gasteiger partial charge in [0.1, 0.15) is 0 Å². The Kier molecular flexibility index (Phi) is 2.96. The molecule has 14 heavy (non-hydrogen) atoms. The Bertz CT molecular complexity index is 319. The summed E-state index contributed by atoms with van der Waals surface area (Å²) in [6.45, 7) is 0. The summed E-state index contributed by atoms with van der Waals surface area (Å²) in [5.74, 6) is 0. The predicted octanol–water partition coefficient (Wildman–Crippen LogP) is 3.39. The number of halogens is 1. The van der Waals surface area contributed by atoms with Crippen LogP contribution in [0.3, 0.4) is 0 Å². The van der Waals surface area contributed by atoms with Gasteiger partial charge in [-0.25, -0.2) is 0 Å². The van der Waals surface area contributed by atoms with Crippen molar-refractivity contribution in [1.29, 1.82) is 0 Å². The van der Waals surface area contributed by atoms with E-state index in [-0.39, 0.29) is 0 Å². The quantitative estimate of drug-likeness (QED) is 0.795. The molecule has 2 rings (SSSR count). The fourth-order valence-corrected chi connectivity index (χ4v) is 2.30. The van der Waals surface area contributed by atoms with Crippen molar-refractivity contribution in [1.82, 2.24) is 0 Å². The second-order valence-corrected chi connectivity index (χ2v) is 4.72. The van der Waals surface area contributed by atoms with Crippen molar-refractivity contribution in [2.45, 2.75) is 31.7 Å². The van der Waals surface area contributed by atoms with Crippen LogP contribution in [0.4, 0.5) is 11.4 Å². The van der Waals surface area contributed by atoms with Crippen LogP contribution >= 0.6 is 15.9 Å². The van der Waals surface area contributed by atoms with Crippen LogP contribution in [0.25, 0.3) is 0 Å². The summed E-state index contributed by atoms with van der Waals surface area (Å²) in [6.07, 6.45) is 5.25. The summed E-state index contributed by atoms with van der Waals surface area (Å²) in [6, 6.07) is 6.52. The molecule has 1 fully saturated rings. The van der Waals surface area contributed by atoms with Gasteiger partial charge >= 0.3 is 0 Å². The van der Waals surface area contributed by atoms with Crippen LogP contribution in [0.15, 0.2) is 22.7 Å². The summed E-state index contributed by atoms with van der Waals surface area (Å²) in [4.78, 5) is 0. The monoisotopic (exact) mass is 254 g/mol. The van der Waals surface area contributed by atoms with Gasteiger partial charge in [-0.15, -0.1) is 0 Å². The van der Waals surface area contributed by atoms with E-state index in [1.54, 1.807) is 0 Å². The zero-order chi connectivity index (χ0) is 9.97. The third-order valence-electron chi connectivity index (χ3n) is 2.71. The third kappa shape index (κ3) is 2.21. The molecule has 0 atom stereocenters. The van der Waals surface area contributed by atoms with Crippen molar-refractivity contribution >= 4 is 27.3 Å². The predicted molar refractivity (Wildman–Crippen MR) is 64.4 cm³/mol. The minimum absolute atomic E-state index is 0.632. The number of hydrogen-bond acceptors (Lipinski definition) is 2. The molecule has 0 unspecified atom stereocenters. The molecule has 3 heteroatoms. The van der Waals surface area contributed by atoms with Crippen LogP contribution in [-0.2, 0) is 0 Å². The van der Waals surface area contributed by atoms with Crippen LogP contribution in [-0.4, -0.2) is 6.04 Å². The molecule has 76 valence electrons. The van der Waals surface area contributed by atoms with Crippen LogP contribution in [0.5, 0.6) is 0 Å². The first-order chi connectivity index (χ1) is 6.75. The maximum absolute atomic E-state index is 5.74. The summed E-state index contributed by atoms with van der Waals surface area (Å²) in [7, 11) is 0. The normalized spacial score (nSPS) is 17.2. The van der Waals surface area contributed by atoms with Gasteiger partial charge in [-0.05, 0) is 47.0 Å². The summed E-state index contributed by atoms with van der Waals surface area (Å²) >= 11 is 3.52. The van der Waals surface area contributed by atoms with Gasteiger partial charge in [0.05, 0.1) is 5.69 Å². The van der Waals surface area contributed by atoms with Crippen LogP contribution in [0.2, 0.25) is 0 Å². The Morgan fingerprint density at radius 2 is 2.00 bits per heavy atom. The first kappa shape index (κ1) is 9.84. The van der Waals surface area contributed by atoms with E-state index in [1.807, 2.05) is 18.2 Å². The maximum atomic E-state index is 5.74. The molecular weight excluding hydrogens is 240 g/mol. The maximum Gasteiger partial charge on any atom is 0.0507 e. The zero-order valence-electron chi connectivity index (χ0n) is 8.09. The van der Waals surface area contributed by atoms with Crippen LogP contribution in [0.1, 0.15) is 25.7 Å². The van der Waals surface area contributed by atoms with E-state index >= 15 is 0 Å². The standard InChI is InChI=1S/C11H15BrN2/c12-10-6-5-8(13)7-11(10)14-9-3-1-2-4-9/h5-7,9,14H,1-4,13H2. The van der Waals surface area contributed by atoms with Crippen molar-refractivity contribution in [2.24, 2.45) is 0 Å². The molecule has 1 aliphatic rings. The van der Waals surface area contributed by atoms with E-state index in [0.29, 0.717) is 6.04 Å². The van der Waals surface area contributed by atoms with Crippen molar-refractivity contribution in [3.8, 4) is 0 Å². The Morgan fingerprint density at radius 1 is 1.29 bits per heavy atom. The van der Waals surface area contributed by atoms with Gasteiger partial charge in [0, 0.05) is 16.2 Å². The second kappa shape index (κ2) is 4.22. The fraction of sp³-hybridized carbons (Fsp3) is 0.455. The van der Waals surface area contributed by atoms with E-state index in [9.17, 15) is 0 Å². The van der Waals surface area contributed by atoms with E-state index in [0.717, 1.165) is 15.8 Å². The highest BCUT2D eigenvalue weighted by molar-refractivity contribution is 9.10. The SMILES string of the molecule is Nc1ccc(Br)c(NC2CCCC2)c1. The zero-order valence-corrected chi connectivity index (χ0v) is 9.68. The molecular formula is C11H15BrN2. The van der Waals surface area contributed by atoms with Crippen molar-refractivity contribution in [2.75, 3.05) is 11.1 Å². The largest absolute Gasteiger partial charge is 0.399 e. The van der Waals surface area contributed by atoms with E-state index in [1.165, 1.54) is 25.7 Å². The number of rotatable bonds is 2. The molecule has 0 spiro atoms. The minimum Gasteiger partial charge on any atom is -0.399 e. The first-order valence-corrected chi connectivity index (χ1v) is 5.86. The number of nitrogens with one attached hydrogen (secondary N) is 1. The lowest BCUT2D eigenvalue weighted by molar-refractivity contribution is 0.755. The van der Waals surface area contributed by atoms with E-state index in [4.69, 9.17) is 5.73 Å². The fourth-order valence-electron chi connectivity index (χ4n) is 1.94. The molecule has 0 radical (unpaired) electrons. The highest BCUT2D eigenvalue weighted by Crippen LogP contribution is 2.28. The van der Waals surface area contributed by atoms with Crippen molar-refractivity contribution in [3.05, 3.63) is 22.7 Å². The number of nitrogens with two attached hydrogens (primary N) is 1. The highest BCUT2D eigenvalue weighted by atomic mass is 79.9. The average molecular weight is 255 g/mol. The Hall–Kier alpha value is -0.700. The van der Waals surface area contributed by atoms with Gasteiger partial charge in [-0.2, -0.15) is 0 Å². The summed E-state index contributed by atoms with van der Waals surface area (Å²) in [5.41, 5.74) is 7.68. The lowest BCUT2D eigenvalue weighted by Gasteiger charge is -2.15.